The van der Waals surface area contributed by atoms with Gasteiger partial charge in [-0.15, -0.1) is 0 Å². The Bertz CT molecular complexity index is 177. The number of amides is 2. The molecule has 0 heterocycles. The van der Waals surface area contributed by atoms with Crippen LogP contribution in [0.3, 0.4) is 0 Å². The van der Waals surface area contributed by atoms with Gasteiger partial charge in [-0.2, -0.15) is 0 Å². The van der Waals surface area contributed by atoms with Gasteiger partial charge in [0, 0.05) is 26.2 Å². The molecule has 0 radical (unpaired) electrons. The Morgan fingerprint density at radius 1 is 0.800 bits per heavy atom. The normalized spacial score (nSPS) is 9.73. The van der Waals surface area contributed by atoms with Crippen molar-refractivity contribution in [1.29, 1.82) is 0 Å². The van der Waals surface area contributed by atoms with Crippen molar-refractivity contribution >= 4 is 11.8 Å². The monoisotopic (exact) mass is 217 g/mol. The van der Waals surface area contributed by atoms with Crippen molar-refractivity contribution in [2.45, 2.75) is 0 Å². The molecule has 0 aromatic heterocycles. The number of hydrogen-bond donors (Lipinski definition) is 5. The molecule has 0 aliphatic rings. The molecule has 2 amide bonds. The summed E-state index contributed by atoms with van der Waals surface area (Å²) in [5.41, 5.74) is 10.2. The van der Waals surface area contributed by atoms with Gasteiger partial charge in [0.1, 0.15) is 0 Å². The van der Waals surface area contributed by atoms with Crippen LogP contribution in [0.25, 0.3) is 0 Å². The molecule has 0 unspecified atom stereocenters. The summed E-state index contributed by atoms with van der Waals surface area (Å²) in [4.78, 5) is 21.4. The van der Waals surface area contributed by atoms with E-state index in [0.717, 1.165) is 0 Å². The molecule has 15 heavy (non-hydrogen) atoms. The fourth-order valence-corrected chi connectivity index (χ4v) is 0.850. The molecule has 7 N–H and O–H groups in total. The lowest BCUT2D eigenvalue weighted by Crippen LogP contribution is -2.39. The third kappa shape index (κ3) is 9.13. The fraction of sp³-hybridized carbons (Fsp3) is 0.750. The summed E-state index contributed by atoms with van der Waals surface area (Å²) in [6, 6.07) is 0. The second-order valence-corrected chi connectivity index (χ2v) is 2.86. The molecule has 0 saturated heterocycles. The van der Waals surface area contributed by atoms with Crippen LogP contribution in [0, 0.1) is 0 Å². The molecule has 0 aromatic carbocycles. The summed E-state index contributed by atoms with van der Waals surface area (Å²) in [6.45, 7) is 2.36. The zero-order valence-corrected chi connectivity index (χ0v) is 8.71. The van der Waals surface area contributed by atoms with Gasteiger partial charge in [-0.25, -0.2) is 0 Å². The molecule has 7 nitrogen and oxygen atoms in total. The molecule has 0 rings (SSSR count). The van der Waals surface area contributed by atoms with Gasteiger partial charge in [-0.3, -0.25) is 9.59 Å². The summed E-state index contributed by atoms with van der Waals surface area (Å²) in [6.07, 6.45) is 0. The predicted molar refractivity (Wildman–Crippen MR) is 57.0 cm³/mol. The van der Waals surface area contributed by atoms with Crippen LogP contribution in [0.5, 0.6) is 0 Å². The highest BCUT2D eigenvalue weighted by Gasteiger charge is 1.96. The topological polar surface area (TPSA) is 122 Å². The average Bonchev–Trinajstić information content (AvgIpc) is 2.26. The lowest BCUT2D eigenvalue weighted by atomic mass is 10.5. The Labute approximate surface area is 88.9 Å². The highest BCUT2D eigenvalue weighted by molar-refractivity contribution is 5.78. The van der Waals surface area contributed by atoms with E-state index in [-0.39, 0.29) is 24.9 Å². The Hall–Kier alpha value is -1.18. The predicted octanol–water partition coefficient (Wildman–Crippen LogP) is -3.27. The summed E-state index contributed by atoms with van der Waals surface area (Å²) in [5.74, 6) is -0.346. The van der Waals surface area contributed by atoms with Crippen molar-refractivity contribution in [2.24, 2.45) is 11.5 Å². The Kier molecular flexibility index (Phi) is 8.64. The molecule has 0 aliphatic carbocycles. The van der Waals surface area contributed by atoms with Gasteiger partial charge in [0.2, 0.25) is 11.8 Å². The molecule has 0 fully saturated rings. The Morgan fingerprint density at radius 2 is 1.20 bits per heavy atom. The summed E-state index contributed by atoms with van der Waals surface area (Å²) in [7, 11) is 0. The van der Waals surface area contributed by atoms with Crippen LogP contribution in [-0.4, -0.2) is 51.1 Å². The molecular formula is C8H19N5O2. The maximum absolute atomic E-state index is 10.7. The van der Waals surface area contributed by atoms with Gasteiger partial charge >= 0.3 is 0 Å². The smallest absolute Gasteiger partial charge is 0.233 e. The highest BCUT2D eigenvalue weighted by Crippen LogP contribution is 1.63. The molecule has 0 atom stereocenters. The number of carbonyl (C=O) groups excluding carboxylic acids is 2. The van der Waals surface area contributed by atoms with Crippen LogP contribution in [0.15, 0.2) is 0 Å². The van der Waals surface area contributed by atoms with Crippen molar-refractivity contribution in [3.63, 3.8) is 0 Å². The van der Waals surface area contributed by atoms with Gasteiger partial charge in [0.25, 0.3) is 0 Å². The van der Waals surface area contributed by atoms with Crippen LogP contribution >= 0.6 is 0 Å². The van der Waals surface area contributed by atoms with Gasteiger partial charge in [-0.1, -0.05) is 0 Å². The van der Waals surface area contributed by atoms with Crippen molar-refractivity contribution in [2.75, 3.05) is 39.3 Å². The number of carbonyl (C=O) groups is 2. The molecule has 0 aliphatic heterocycles. The van der Waals surface area contributed by atoms with Crippen LogP contribution in [0.2, 0.25) is 0 Å². The van der Waals surface area contributed by atoms with Crippen molar-refractivity contribution < 1.29 is 9.59 Å². The third-order valence-electron chi connectivity index (χ3n) is 1.62. The molecule has 7 heteroatoms. The van der Waals surface area contributed by atoms with E-state index >= 15 is 0 Å². The first-order valence-electron chi connectivity index (χ1n) is 4.85. The van der Waals surface area contributed by atoms with Crippen LogP contribution in [0.1, 0.15) is 0 Å². The quantitative estimate of drug-likeness (QED) is 0.273. The van der Waals surface area contributed by atoms with Gasteiger partial charge in [0.15, 0.2) is 0 Å². The van der Waals surface area contributed by atoms with Crippen LogP contribution in [0.4, 0.5) is 0 Å². The lowest BCUT2D eigenvalue weighted by Gasteiger charge is -2.06. The largest absolute Gasteiger partial charge is 0.354 e. The lowest BCUT2D eigenvalue weighted by molar-refractivity contribution is -0.120. The Balaban J connectivity index is 3.11. The van der Waals surface area contributed by atoms with Gasteiger partial charge < -0.3 is 27.4 Å². The first-order chi connectivity index (χ1) is 7.20. The summed E-state index contributed by atoms with van der Waals surface area (Å²) >= 11 is 0. The van der Waals surface area contributed by atoms with Crippen molar-refractivity contribution in [3.05, 3.63) is 0 Å². The molecule has 0 spiro atoms. The minimum atomic E-state index is -0.173. The van der Waals surface area contributed by atoms with E-state index in [2.05, 4.69) is 16.0 Å². The zero-order valence-electron chi connectivity index (χ0n) is 8.71. The number of nitrogens with two attached hydrogens (primary N) is 2. The Morgan fingerprint density at radius 3 is 1.53 bits per heavy atom. The van der Waals surface area contributed by atoms with E-state index in [9.17, 15) is 9.59 Å². The van der Waals surface area contributed by atoms with Gasteiger partial charge in [0.05, 0.1) is 13.1 Å². The fourth-order valence-electron chi connectivity index (χ4n) is 0.850. The van der Waals surface area contributed by atoms with Gasteiger partial charge in [-0.05, 0) is 0 Å². The van der Waals surface area contributed by atoms with E-state index in [0.29, 0.717) is 26.2 Å². The molecule has 0 aromatic rings. The van der Waals surface area contributed by atoms with Crippen LogP contribution < -0.4 is 27.4 Å². The van der Waals surface area contributed by atoms with Crippen molar-refractivity contribution in [1.82, 2.24) is 16.0 Å². The SMILES string of the molecule is NCC(=O)NCCNCCNC(=O)CN. The second-order valence-electron chi connectivity index (χ2n) is 2.86. The number of hydrogen-bond acceptors (Lipinski definition) is 5. The number of nitrogens with one attached hydrogen (secondary N) is 3. The zero-order chi connectivity index (χ0) is 11.5. The average molecular weight is 217 g/mol. The van der Waals surface area contributed by atoms with Crippen molar-refractivity contribution in [3.8, 4) is 0 Å². The maximum atomic E-state index is 10.7. The minimum Gasteiger partial charge on any atom is -0.354 e. The summed E-state index contributed by atoms with van der Waals surface area (Å²) < 4.78 is 0. The van der Waals surface area contributed by atoms with E-state index in [1.807, 2.05) is 0 Å². The van der Waals surface area contributed by atoms with E-state index in [1.165, 1.54) is 0 Å². The first-order valence-corrected chi connectivity index (χ1v) is 4.85. The standard InChI is InChI=1S/C8H19N5O2/c9-5-7(14)12-3-1-11-2-4-13-8(15)6-10/h11H,1-6,9-10H2,(H,12,14)(H,13,15). The van der Waals surface area contributed by atoms with E-state index in [4.69, 9.17) is 11.5 Å². The third-order valence-corrected chi connectivity index (χ3v) is 1.62. The summed E-state index contributed by atoms with van der Waals surface area (Å²) in [5, 5.41) is 8.25. The first kappa shape index (κ1) is 13.8. The molecular weight excluding hydrogens is 198 g/mol. The minimum absolute atomic E-state index is 0.00651. The van der Waals surface area contributed by atoms with E-state index in [1.54, 1.807) is 0 Å². The second kappa shape index (κ2) is 9.38. The maximum Gasteiger partial charge on any atom is 0.233 e. The molecule has 88 valence electrons. The highest BCUT2D eigenvalue weighted by atomic mass is 16.2. The van der Waals surface area contributed by atoms with Crippen LogP contribution in [-0.2, 0) is 9.59 Å². The molecule has 0 saturated carbocycles. The van der Waals surface area contributed by atoms with E-state index < -0.39 is 0 Å². The molecule has 0 bridgehead atoms. The number of rotatable bonds is 8.